The normalized spacial score (nSPS) is 12.2. The fourth-order valence-electron chi connectivity index (χ4n) is 3.17. The minimum Gasteiger partial charge on any atom is -0.322 e. The molecule has 0 atom stereocenters. The quantitative estimate of drug-likeness (QED) is 0.421. The van der Waals surface area contributed by atoms with Crippen molar-refractivity contribution in [2.45, 2.75) is 13.3 Å². The van der Waals surface area contributed by atoms with Gasteiger partial charge in [-0.1, -0.05) is 53.1 Å². The molecule has 0 unspecified atom stereocenters. The van der Waals surface area contributed by atoms with Crippen LogP contribution in [0, 0.1) is 6.92 Å². The molecular formula is C24H18Cl2N2O2S. The Morgan fingerprint density at radius 1 is 0.935 bits per heavy atom. The van der Waals surface area contributed by atoms with Crippen LogP contribution in [-0.4, -0.2) is 11.8 Å². The van der Waals surface area contributed by atoms with E-state index >= 15 is 0 Å². The van der Waals surface area contributed by atoms with E-state index in [1.807, 2.05) is 37.3 Å². The van der Waals surface area contributed by atoms with Crippen LogP contribution in [0.4, 0.5) is 11.4 Å². The van der Waals surface area contributed by atoms with Gasteiger partial charge in [0.2, 0.25) is 0 Å². The van der Waals surface area contributed by atoms with E-state index < -0.39 is 0 Å². The van der Waals surface area contributed by atoms with E-state index in [1.165, 1.54) is 11.3 Å². The van der Waals surface area contributed by atoms with Crippen molar-refractivity contribution in [1.82, 2.24) is 0 Å². The maximum absolute atomic E-state index is 13.0. The van der Waals surface area contributed by atoms with Gasteiger partial charge in [-0.2, -0.15) is 0 Å². The average Bonchev–Trinajstić information content (AvgIpc) is 2.91. The molecule has 0 radical (unpaired) electrons. The third-order valence-electron chi connectivity index (χ3n) is 4.72. The maximum Gasteiger partial charge on any atom is 0.267 e. The zero-order valence-electron chi connectivity index (χ0n) is 16.5. The predicted octanol–water partition coefficient (Wildman–Crippen LogP) is 7.30. The Morgan fingerprint density at radius 2 is 1.68 bits per heavy atom. The number of halogens is 2. The minimum absolute atomic E-state index is 0.333. The number of nitrogens with one attached hydrogen (secondary N) is 2. The second kappa shape index (κ2) is 9.10. The van der Waals surface area contributed by atoms with Crippen LogP contribution >= 0.6 is 34.5 Å². The van der Waals surface area contributed by atoms with Gasteiger partial charge in [0.05, 0.1) is 16.3 Å². The van der Waals surface area contributed by atoms with Crippen LogP contribution in [0.25, 0.3) is 12.2 Å². The van der Waals surface area contributed by atoms with Crippen molar-refractivity contribution in [1.29, 1.82) is 0 Å². The van der Waals surface area contributed by atoms with E-state index in [-0.39, 0.29) is 11.8 Å². The van der Waals surface area contributed by atoms with Gasteiger partial charge in [0.15, 0.2) is 0 Å². The lowest BCUT2D eigenvalue weighted by molar-refractivity contribution is 0.102. The number of allylic oxidation sites excluding steroid dienone is 2. The fourth-order valence-corrected chi connectivity index (χ4v) is 4.73. The first-order valence-electron chi connectivity index (χ1n) is 9.56. The highest BCUT2D eigenvalue weighted by Crippen LogP contribution is 2.37. The second-order valence-corrected chi connectivity index (χ2v) is 8.89. The molecule has 0 bridgehead atoms. The SMILES string of the molecule is Cc1ccc(NC(=O)c2sc3c(c2Cl)C=CCC=C3)c(C(=O)Nc2ccc(Cl)cc2)c1. The number of carbonyl (C=O) groups excluding carboxylic acids is 2. The van der Waals surface area contributed by atoms with Gasteiger partial charge in [-0.15, -0.1) is 11.3 Å². The van der Waals surface area contributed by atoms with E-state index in [4.69, 9.17) is 23.2 Å². The summed E-state index contributed by atoms with van der Waals surface area (Å²) in [4.78, 5) is 27.3. The lowest BCUT2D eigenvalue weighted by Gasteiger charge is -2.12. The molecule has 156 valence electrons. The van der Waals surface area contributed by atoms with Gasteiger partial charge in [0.1, 0.15) is 4.88 Å². The molecule has 0 aliphatic heterocycles. The van der Waals surface area contributed by atoms with Gasteiger partial charge >= 0.3 is 0 Å². The molecule has 0 spiro atoms. The highest BCUT2D eigenvalue weighted by Gasteiger charge is 2.22. The van der Waals surface area contributed by atoms with E-state index in [0.717, 1.165) is 22.4 Å². The van der Waals surface area contributed by atoms with Crippen molar-refractivity contribution in [2.75, 3.05) is 10.6 Å². The third kappa shape index (κ3) is 4.74. The number of thiophene rings is 1. The molecule has 2 aromatic carbocycles. The molecule has 2 N–H and O–H groups in total. The molecule has 1 aromatic heterocycles. The van der Waals surface area contributed by atoms with E-state index in [9.17, 15) is 9.59 Å². The molecule has 0 saturated carbocycles. The molecule has 0 saturated heterocycles. The summed E-state index contributed by atoms with van der Waals surface area (Å²) in [7, 11) is 0. The number of hydrogen-bond acceptors (Lipinski definition) is 3. The van der Waals surface area contributed by atoms with Gasteiger partial charge in [-0.25, -0.2) is 0 Å². The Morgan fingerprint density at radius 3 is 2.45 bits per heavy atom. The molecule has 1 heterocycles. The average molecular weight is 469 g/mol. The number of fused-ring (bicyclic) bond motifs is 1. The Labute approximate surface area is 194 Å². The lowest BCUT2D eigenvalue weighted by Crippen LogP contribution is -2.18. The van der Waals surface area contributed by atoms with Gasteiger partial charge in [-0.05, 0) is 55.8 Å². The zero-order chi connectivity index (χ0) is 22.0. The summed E-state index contributed by atoms with van der Waals surface area (Å²) >= 11 is 13.7. The molecule has 3 aromatic rings. The number of aryl methyl sites for hydroxylation is 1. The van der Waals surface area contributed by atoms with Gasteiger partial charge in [0.25, 0.3) is 11.8 Å². The fraction of sp³-hybridized carbons (Fsp3) is 0.0833. The van der Waals surface area contributed by atoms with Crippen molar-refractivity contribution in [3.05, 3.63) is 91.1 Å². The monoisotopic (exact) mass is 468 g/mol. The number of amides is 2. The highest BCUT2D eigenvalue weighted by molar-refractivity contribution is 7.16. The van der Waals surface area contributed by atoms with Crippen LogP contribution in [-0.2, 0) is 0 Å². The maximum atomic E-state index is 13.0. The zero-order valence-corrected chi connectivity index (χ0v) is 18.9. The highest BCUT2D eigenvalue weighted by atomic mass is 35.5. The summed E-state index contributed by atoms with van der Waals surface area (Å²) in [5.41, 5.74) is 3.12. The van der Waals surface area contributed by atoms with Gasteiger partial charge < -0.3 is 10.6 Å². The molecule has 2 amide bonds. The summed E-state index contributed by atoms with van der Waals surface area (Å²) in [6.45, 7) is 1.89. The molecule has 7 heteroatoms. The lowest BCUT2D eigenvalue weighted by atomic mass is 10.1. The summed E-state index contributed by atoms with van der Waals surface area (Å²) in [6, 6.07) is 12.1. The number of carbonyl (C=O) groups is 2. The first-order valence-corrected chi connectivity index (χ1v) is 11.1. The first-order chi connectivity index (χ1) is 14.9. The van der Waals surface area contributed by atoms with E-state index in [0.29, 0.717) is 31.9 Å². The van der Waals surface area contributed by atoms with E-state index in [2.05, 4.69) is 10.6 Å². The van der Waals surface area contributed by atoms with Crippen molar-refractivity contribution in [3.8, 4) is 0 Å². The van der Waals surface area contributed by atoms with Crippen LogP contribution in [0.3, 0.4) is 0 Å². The Hall–Kier alpha value is -2.86. The molecule has 1 aliphatic rings. The largest absolute Gasteiger partial charge is 0.322 e. The summed E-state index contributed by atoms with van der Waals surface area (Å²) in [5.74, 6) is -0.686. The number of benzene rings is 2. The van der Waals surface area contributed by atoms with E-state index in [1.54, 1.807) is 36.4 Å². The predicted molar refractivity (Wildman–Crippen MR) is 131 cm³/mol. The molecule has 4 rings (SSSR count). The van der Waals surface area contributed by atoms with Crippen LogP contribution in [0.2, 0.25) is 10.0 Å². The first kappa shape index (κ1) is 21.4. The summed E-state index contributed by atoms with van der Waals surface area (Å²) in [5, 5.41) is 6.68. The molecule has 1 aliphatic carbocycles. The standard InChI is InChI=1S/C24H18Cl2N2O2S/c1-14-7-12-19(18(13-14)23(29)27-16-10-8-15(25)9-11-16)28-24(30)22-21(26)17-5-3-2-4-6-20(17)31-22/h3-13H,2H2,1H3,(H,27,29)(H,28,30). The minimum atomic E-state index is -0.353. The van der Waals surface area contributed by atoms with Crippen molar-refractivity contribution in [2.24, 2.45) is 0 Å². The van der Waals surface area contributed by atoms with Crippen molar-refractivity contribution in [3.63, 3.8) is 0 Å². The second-order valence-electron chi connectivity index (χ2n) is 7.03. The number of hydrogen-bond donors (Lipinski definition) is 2. The molecule has 4 nitrogen and oxygen atoms in total. The van der Waals surface area contributed by atoms with Gasteiger partial charge in [-0.3, -0.25) is 9.59 Å². The van der Waals surface area contributed by atoms with Crippen LogP contribution in [0.1, 0.15) is 42.5 Å². The Kier molecular flexibility index (Phi) is 6.28. The summed E-state index contributed by atoms with van der Waals surface area (Å²) in [6.07, 6.45) is 8.76. The van der Waals surface area contributed by atoms with Crippen molar-refractivity contribution < 1.29 is 9.59 Å². The van der Waals surface area contributed by atoms with Crippen molar-refractivity contribution >= 4 is 69.9 Å². The molecule has 0 fully saturated rings. The molecular weight excluding hydrogens is 451 g/mol. The van der Waals surface area contributed by atoms with Crippen LogP contribution in [0.5, 0.6) is 0 Å². The van der Waals surface area contributed by atoms with Crippen LogP contribution < -0.4 is 10.6 Å². The smallest absolute Gasteiger partial charge is 0.267 e. The topological polar surface area (TPSA) is 58.2 Å². The Balaban J connectivity index is 1.61. The number of anilines is 2. The summed E-state index contributed by atoms with van der Waals surface area (Å²) < 4.78 is 0. The Bertz CT molecular complexity index is 1230. The molecule has 31 heavy (non-hydrogen) atoms. The number of rotatable bonds is 4. The van der Waals surface area contributed by atoms with Crippen LogP contribution in [0.15, 0.2) is 54.6 Å². The van der Waals surface area contributed by atoms with Gasteiger partial charge in [0, 0.05) is 21.2 Å². The third-order valence-corrected chi connectivity index (χ3v) is 6.64.